The number of thiophene rings is 1. The highest BCUT2D eigenvalue weighted by Gasteiger charge is 2.29. The van der Waals surface area contributed by atoms with E-state index in [1.165, 1.54) is 11.3 Å². The van der Waals surface area contributed by atoms with Gasteiger partial charge in [0, 0.05) is 19.0 Å². The van der Waals surface area contributed by atoms with Crippen LogP contribution < -0.4 is 11.3 Å². The van der Waals surface area contributed by atoms with Crippen LogP contribution in [-0.2, 0) is 11.3 Å². The highest BCUT2D eigenvalue weighted by molar-refractivity contribution is 7.20. The van der Waals surface area contributed by atoms with Gasteiger partial charge in [-0.15, -0.1) is 11.3 Å². The number of primary amides is 1. The van der Waals surface area contributed by atoms with Crippen LogP contribution in [0.5, 0.6) is 0 Å². The van der Waals surface area contributed by atoms with E-state index in [1.54, 1.807) is 22.7 Å². The van der Waals surface area contributed by atoms with E-state index >= 15 is 0 Å². The molecule has 0 unspecified atom stereocenters. The third-order valence-corrected chi connectivity index (χ3v) is 6.68. The predicted molar refractivity (Wildman–Crippen MR) is 112 cm³/mol. The second-order valence-corrected chi connectivity index (χ2v) is 8.37. The van der Waals surface area contributed by atoms with E-state index in [9.17, 15) is 14.4 Å². The van der Waals surface area contributed by atoms with E-state index in [0.717, 1.165) is 5.56 Å². The Kier molecular flexibility index (Phi) is 5.19. The van der Waals surface area contributed by atoms with E-state index in [2.05, 4.69) is 4.98 Å². The Morgan fingerprint density at radius 1 is 1.21 bits per heavy atom. The molecule has 8 heteroatoms. The SMILES string of the molecule is Cc1c(C(=O)N2CCC(C(N)=O)CC2)sc2ncn(Cc3ccccc3)c(=O)c12. The zero-order valence-electron chi connectivity index (χ0n) is 16.1. The molecule has 0 saturated carbocycles. The largest absolute Gasteiger partial charge is 0.369 e. The number of benzene rings is 1. The number of hydrogen-bond acceptors (Lipinski definition) is 5. The summed E-state index contributed by atoms with van der Waals surface area (Å²) in [5.41, 5.74) is 6.92. The van der Waals surface area contributed by atoms with Gasteiger partial charge in [-0.1, -0.05) is 30.3 Å². The molecule has 0 atom stereocenters. The minimum Gasteiger partial charge on any atom is -0.369 e. The summed E-state index contributed by atoms with van der Waals surface area (Å²) in [6.45, 7) is 3.22. The summed E-state index contributed by atoms with van der Waals surface area (Å²) >= 11 is 1.25. The Hall–Kier alpha value is -3.00. The van der Waals surface area contributed by atoms with Crippen LogP contribution >= 0.6 is 11.3 Å². The lowest BCUT2D eigenvalue weighted by atomic mass is 9.96. The summed E-state index contributed by atoms with van der Waals surface area (Å²) in [6.07, 6.45) is 2.69. The van der Waals surface area contributed by atoms with Gasteiger partial charge in [0.1, 0.15) is 4.83 Å². The van der Waals surface area contributed by atoms with Crippen LogP contribution in [0.3, 0.4) is 0 Å². The number of hydrogen-bond donors (Lipinski definition) is 1. The van der Waals surface area contributed by atoms with E-state index < -0.39 is 0 Å². The van der Waals surface area contributed by atoms with E-state index in [4.69, 9.17) is 5.73 Å². The van der Waals surface area contributed by atoms with Crippen molar-refractivity contribution in [2.75, 3.05) is 13.1 Å². The first-order valence-electron chi connectivity index (χ1n) is 9.56. The molecule has 7 nitrogen and oxygen atoms in total. The van der Waals surface area contributed by atoms with Gasteiger partial charge < -0.3 is 10.6 Å². The number of amides is 2. The first-order chi connectivity index (χ1) is 14.0. The lowest BCUT2D eigenvalue weighted by molar-refractivity contribution is -0.123. The van der Waals surface area contributed by atoms with Crippen LogP contribution in [-0.4, -0.2) is 39.4 Å². The number of carbonyl (C=O) groups excluding carboxylic acids is 2. The lowest BCUT2D eigenvalue weighted by Gasteiger charge is -2.30. The number of nitrogens with two attached hydrogens (primary N) is 1. The van der Waals surface area contributed by atoms with Crippen LogP contribution in [0.1, 0.15) is 33.6 Å². The van der Waals surface area contributed by atoms with Crippen molar-refractivity contribution in [3.63, 3.8) is 0 Å². The number of piperidine rings is 1. The Morgan fingerprint density at radius 2 is 1.90 bits per heavy atom. The smallest absolute Gasteiger partial charge is 0.264 e. The van der Waals surface area contributed by atoms with Crippen LogP contribution in [0.15, 0.2) is 41.5 Å². The van der Waals surface area contributed by atoms with E-state index in [-0.39, 0.29) is 23.3 Å². The number of aromatic nitrogens is 2. The number of likely N-dealkylation sites (tertiary alicyclic amines) is 1. The Balaban J connectivity index is 1.62. The fourth-order valence-electron chi connectivity index (χ4n) is 3.77. The van der Waals surface area contributed by atoms with Gasteiger partial charge in [-0.3, -0.25) is 19.0 Å². The molecule has 1 fully saturated rings. The molecule has 0 bridgehead atoms. The summed E-state index contributed by atoms with van der Waals surface area (Å²) in [5.74, 6) is -0.588. The zero-order chi connectivity index (χ0) is 20.5. The third kappa shape index (κ3) is 3.67. The predicted octanol–water partition coefficient (Wildman–Crippen LogP) is 2.15. The fraction of sp³-hybridized carbons (Fsp3) is 0.333. The number of rotatable bonds is 4. The van der Waals surface area contributed by atoms with Crippen LogP contribution in [0.25, 0.3) is 10.2 Å². The number of aryl methyl sites for hydroxylation is 1. The highest BCUT2D eigenvalue weighted by Crippen LogP contribution is 2.29. The minimum atomic E-state index is -0.307. The van der Waals surface area contributed by atoms with E-state index in [0.29, 0.717) is 53.1 Å². The molecular formula is C21H22N4O3S. The van der Waals surface area contributed by atoms with Crippen LogP contribution in [0, 0.1) is 12.8 Å². The molecule has 3 heterocycles. The van der Waals surface area contributed by atoms with Gasteiger partial charge in [-0.25, -0.2) is 4.98 Å². The molecule has 1 aromatic carbocycles. The maximum absolute atomic E-state index is 13.0. The maximum Gasteiger partial charge on any atom is 0.264 e. The summed E-state index contributed by atoms with van der Waals surface area (Å²) in [7, 11) is 0. The van der Waals surface area contributed by atoms with Crippen LogP contribution in [0.4, 0.5) is 0 Å². The molecule has 2 N–H and O–H groups in total. The second-order valence-electron chi connectivity index (χ2n) is 7.37. The molecule has 1 aliphatic heterocycles. The lowest BCUT2D eigenvalue weighted by Crippen LogP contribution is -2.41. The van der Waals surface area contributed by atoms with E-state index in [1.807, 2.05) is 30.3 Å². The average Bonchev–Trinajstić information content (AvgIpc) is 3.07. The molecular weight excluding hydrogens is 388 g/mol. The molecule has 3 aromatic rings. The first kappa shape index (κ1) is 19.3. The topological polar surface area (TPSA) is 98.3 Å². The molecule has 0 aliphatic carbocycles. The fourth-order valence-corrected chi connectivity index (χ4v) is 4.87. The number of nitrogens with zero attached hydrogens (tertiary/aromatic N) is 3. The van der Waals surface area contributed by atoms with Crippen LogP contribution in [0.2, 0.25) is 0 Å². The summed E-state index contributed by atoms with van der Waals surface area (Å²) < 4.78 is 1.57. The molecule has 150 valence electrons. The zero-order valence-corrected chi connectivity index (χ0v) is 16.9. The first-order valence-corrected chi connectivity index (χ1v) is 10.4. The molecule has 2 aromatic heterocycles. The molecule has 1 saturated heterocycles. The van der Waals surface area contributed by atoms with Crippen molar-refractivity contribution < 1.29 is 9.59 Å². The Morgan fingerprint density at radius 3 is 2.55 bits per heavy atom. The van der Waals surface area contributed by atoms with Crippen molar-refractivity contribution in [3.8, 4) is 0 Å². The quantitative estimate of drug-likeness (QED) is 0.712. The van der Waals surface area contributed by atoms with Gasteiger partial charge in [-0.05, 0) is 30.9 Å². The highest BCUT2D eigenvalue weighted by atomic mass is 32.1. The number of carbonyl (C=O) groups is 2. The van der Waals surface area contributed by atoms with Gasteiger partial charge in [0.25, 0.3) is 11.5 Å². The van der Waals surface area contributed by atoms with Gasteiger partial charge in [-0.2, -0.15) is 0 Å². The van der Waals surface area contributed by atoms with Gasteiger partial charge in [0.2, 0.25) is 5.91 Å². The normalized spacial score (nSPS) is 15.0. The van der Waals surface area contributed by atoms with Gasteiger partial charge >= 0.3 is 0 Å². The van der Waals surface area contributed by atoms with Crippen molar-refractivity contribution in [3.05, 3.63) is 63.0 Å². The van der Waals surface area contributed by atoms with Crippen molar-refractivity contribution >= 4 is 33.4 Å². The van der Waals surface area contributed by atoms with Crippen molar-refractivity contribution in [1.29, 1.82) is 0 Å². The minimum absolute atomic E-state index is 0.109. The van der Waals surface area contributed by atoms with Gasteiger partial charge in [0.05, 0.1) is 23.1 Å². The van der Waals surface area contributed by atoms with Crippen molar-refractivity contribution in [2.24, 2.45) is 11.7 Å². The monoisotopic (exact) mass is 410 g/mol. The maximum atomic E-state index is 13.0. The summed E-state index contributed by atoms with van der Waals surface area (Å²) in [6, 6.07) is 9.71. The Labute approximate surface area is 171 Å². The standard InChI is InChI=1S/C21H22N4O3S/c1-13-16-19(23-12-25(20(16)27)11-14-5-3-2-4-6-14)29-17(13)21(28)24-9-7-15(8-10-24)18(22)26/h2-6,12,15H,7-11H2,1H3,(H2,22,26). The molecule has 2 amide bonds. The number of fused-ring (bicyclic) bond motifs is 1. The Bertz CT molecular complexity index is 1130. The van der Waals surface area contributed by atoms with Crippen molar-refractivity contribution in [1.82, 2.24) is 14.5 Å². The third-order valence-electron chi connectivity index (χ3n) is 5.49. The van der Waals surface area contributed by atoms with Gasteiger partial charge in [0.15, 0.2) is 0 Å². The van der Waals surface area contributed by atoms with Crippen molar-refractivity contribution in [2.45, 2.75) is 26.3 Å². The second kappa shape index (κ2) is 7.79. The molecule has 0 spiro atoms. The summed E-state index contributed by atoms with van der Waals surface area (Å²) in [4.78, 5) is 44.7. The molecule has 29 heavy (non-hydrogen) atoms. The summed E-state index contributed by atoms with van der Waals surface area (Å²) in [5, 5.41) is 0.504. The molecule has 0 radical (unpaired) electrons. The molecule has 1 aliphatic rings. The average molecular weight is 410 g/mol. The molecule has 4 rings (SSSR count).